The van der Waals surface area contributed by atoms with E-state index in [9.17, 15) is 9.59 Å². The third-order valence-corrected chi connectivity index (χ3v) is 5.52. The lowest BCUT2D eigenvalue weighted by atomic mass is 9.94. The van der Waals surface area contributed by atoms with Crippen molar-refractivity contribution in [1.82, 2.24) is 15.5 Å². The maximum atomic E-state index is 13.1. The molecule has 1 heterocycles. The van der Waals surface area contributed by atoms with Gasteiger partial charge in [0.15, 0.2) is 0 Å². The Bertz CT molecular complexity index is 851. The lowest BCUT2D eigenvalue weighted by Gasteiger charge is -2.31. The van der Waals surface area contributed by atoms with E-state index in [1.807, 2.05) is 41.3 Å². The number of ether oxygens (including phenoxy) is 1. The molecule has 6 nitrogen and oxygen atoms in total. The zero-order valence-corrected chi connectivity index (χ0v) is 18.6. The smallest absolute Gasteiger partial charge is 0.254 e. The molecule has 0 spiro atoms. The van der Waals surface area contributed by atoms with Gasteiger partial charge >= 0.3 is 0 Å². The van der Waals surface area contributed by atoms with Gasteiger partial charge in [0.1, 0.15) is 5.75 Å². The number of likely N-dealkylation sites (tertiary alicyclic amines) is 1. The standard InChI is InChI=1S/C23H31N3O3.ClH/c1-3-12-24-13-14-25-22(27)17-10-15-26(16-11-17)23(28)20-8-9-21(29-2)19-7-5-4-6-18(19)20;/h4-9,17,24H,3,10-16H2,1-2H3,(H,25,27);1H. The first-order valence-electron chi connectivity index (χ1n) is 10.5. The predicted octanol–water partition coefficient (Wildman–Crippen LogP) is 3.24. The lowest BCUT2D eigenvalue weighted by molar-refractivity contribution is -0.126. The number of halogens is 1. The summed E-state index contributed by atoms with van der Waals surface area (Å²) in [6.07, 6.45) is 2.49. The van der Waals surface area contributed by atoms with Gasteiger partial charge in [-0.1, -0.05) is 31.2 Å². The number of fused-ring (bicyclic) bond motifs is 1. The Kier molecular flexibility index (Phi) is 9.40. The molecule has 0 atom stereocenters. The van der Waals surface area contributed by atoms with Gasteiger partial charge in [-0.2, -0.15) is 0 Å². The third kappa shape index (κ3) is 5.64. The zero-order valence-electron chi connectivity index (χ0n) is 17.8. The number of carbonyl (C=O) groups excluding carboxylic acids is 2. The Hall–Kier alpha value is -2.31. The average molecular weight is 434 g/mol. The normalized spacial score (nSPS) is 14.3. The van der Waals surface area contributed by atoms with Gasteiger partial charge in [0.25, 0.3) is 5.91 Å². The molecule has 1 aliphatic heterocycles. The molecular formula is C23H32ClN3O3. The molecule has 1 aliphatic rings. The van der Waals surface area contributed by atoms with Crippen LogP contribution in [0.1, 0.15) is 36.5 Å². The van der Waals surface area contributed by atoms with Crippen molar-refractivity contribution in [1.29, 1.82) is 0 Å². The van der Waals surface area contributed by atoms with Crippen LogP contribution in [-0.2, 0) is 4.79 Å². The van der Waals surface area contributed by atoms with Gasteiger partial charge in [-0.05, 0) is 43.3 Å². The third-order valence-electron chi connectivity index (χ3n) is 5.52. The van der Waals surface area contributed by atoms with Crippen LogP contribution in [0, 0.1) is 5.92 Å². The minimum absolute atomic E-state index is 0. The van der Waals surface area contributed by atoms with Gasteiger partial charge in [0.05, 0.1) is 7.11 Å². The molecule has 0 bridgehead atoms. The molecule has 30 heavy (non-hydrogen) atoms. The van der Waals surface area contributed by atoms with Gasteiger partial charge in [-0.3, -0.25) is 9.59 Å². The molecule has 164 valence electrons. The molecule has 1 fully saturated rings. The molecule has 2 aromatic rings. The van der Waals surface area contributed by atoms with E-state index in [4.69, 9.17) is 4.74 Å². The Morgan fingerprint density at radius 2 is 1.73 bits per heavy atom. The number of nitrogens with one attached hydrogen (secondary N) is 2. The van der Waals surface area contributed by atoms with Gasteiger partial charge in [-0.25, -0.2) is 0 Å². The van der Waals surface area contributed by atoms with Crippen molar-refractivity contribution >= 4 is 35.0 Å². The Labute approximate surface area is 184 Å². The van der Waals surface area contributed by atoms with Crippen LogP contribution in [0.2, 0.25) is 0 Å². The molecule has 2 amide bonds. The summed E-state index contributed by atoms with van der Waals surface area (Å²) in [7, 11) is 1.64. The molecule has 0 unspecified atom stereocenters. The van der Waals surface area contributed by atoms with Crippen LogP contribution in [0.25, 0.3) is 10.8 Å². The summed E-state index contributed by atoms with van der Waals surface area (Å²) in [5, 5.41) is 8.12. The van der Waals surface area contributed by atoms with Gasteiger partial charge < -0.3 is 20.3 Å². The van der Waals surface area contributed by atoms with E-state index < -0.39 is 0 Å². The lowest BCUT2D eigenvalue weighted by Crippen LogP contribution is -2.44. The summed E-state index contributed by atoms with van der Waals surface area (Å²) in [5.74, 6) is 0.871. The summed E-state index contributed by atoms with van der Waals surface area (Å²) in [5.41, 5.74) is 0.686. The molecule has 1 saturated heterocycles. The second kappa shape index (κ2) is 11.8. The van der Waals surface area contributed by atoms with Crippen molar-refractivity contribution in [3.05, 3.63) is 42.0 Å². The highest BCUT2D eigenvalue weighted by atomic mass is 35.5. The van der Waals surface area contributed by atoms with Crippen LogP contribution in [0.15, 0.2) is 36.4 Å². The van der Waals surface area contributed by atoms with E-state index in [0.29, 0.717) is 38.0 Å². The highest BCUT2D eigenvalue weighted by Crippen LogP contribution is 2.30. The number of nitrogens with zero attached hydrogens (tertiary/aromatic N) is 1. The average Bonchev–Trinajstić information content (AvgIpc) is 2.77. The molecule has 0 aromatic heterocycles. The number of hydrogen-bond acceptors (Lipinski definition) is 4. The van der Waals surface area contributed by atoms with E-state index >= 15 is 0 Å². The predicted molar refractivity (Wildman–Crippen MR) is 123 cm³/mol. The van der Waals surface area contributed by atoms with Gasteiger partial charge in [-0.15, -0.1) is 12.4 Å². The largest absolute Gasteiger partial charge is 0.496 e. The first-order chi connectivity index (χ1) is 14.2. The number of piperidine rings is 1. The van der Waals surface area contributed by atoms with Crippen molar-refractivity contribution in [3.8, 4) is 5.75 Å². The van der Waals surface area contributed by atoms with Crippen molar-refractivity contribution < 1.29 is 14.3 Å². The molecule has 0 saturated carbocycles. The summed E-state index contributed by atoms with van der Waals surface area (Å²) in [6.45, 7) is 5.74. The maximum absolute atomic E-state index is 13.1. The van der Waals surface area contributed by atoms with E-state index in [2.05, 4.69) is 17.6 Å². The number of amides is 2. The van der Waals surface area contributed by atoms with E-state index in [1.165, 1.54) is 0 Å². The second-order valence-electron chi connectivity index (χ2n) is 7.47. The van der Waals surface area contributed by atoms with E-state index in [0.717, 1.165) is 36.0 Å². The first kappa shape index (κ1) is 24.0. The van der Waals surface area contributed by atoms with Crippen molar-refractivity contribution in [2.75, 3.05) is 39.8 Å². The maximum Gasteiger partial charge on any atom is 0.254 e. The van der Waals surface area contributed by atoms with Crippen LogP contribution >= 0.6 is 12.4 Å². The molecular weight excluding hydrogens is 402 g/mol. The molecule has 0 radical (unpaired) electrons. The van der Waals surface area contributed by atoms with Crippen LogP contribution in [0.4, 0.5) is 0 Å². The minimum atomic E-state index is -0.0159. The van der Waals surface area contributed by atoms with Gasteiger partial charge in [0.2, 0.25) is 5.91 Å². The fourth-order valence-corrected chi connectivity index (χ4v) is 3.87. The summed E-state index contributed by atoms with van der Waals surface area (Å²) < 4.78 is 5.43. The molecule has 2 aromatic carbocycles. The second-order valence-corrected chi connectivity index (χ2v) is 7.47. The summed E-state index contributed by atoms with van der Waals surface area (Å²) in [6, 6.07) is 11.5. The molecule has 7 heteroatoms. The minimum Gasteiger partial charge on any atom is -0.496 e. The highest BCUT2D eigenvalue weighted by molar-refractivity contribution is 6.08. The molecule has 0 aliphatic carbocycles. The fourth-order valence-electron chi connectivity index (χ4n) is 3.87. The molecule has 2 N–H and O–H groups in total. The number of rotatable bonds is 8. The van der Waals surface area contributed by atoms with Crippen LogP contribution in [-0.4, -0.2) is 56.5 Å². The Morgan fingerprint density at radius 1 is 1.03 bits per heavy atom. The SMILES string of the molecule is CCCNCCNC(=O)C1CCN(C(=O)c2ccc(OC)c3ccccc23)CC1.Cl. The monoisotopic (exact) mass is 433 g/mol. The topological polar surface area (TPSA) is 70.7 Å². The summed E-state index contributed by atoms with van der Waals surface area (Å²) in [4.78, 5) is 27.4. The number of hydrogen-bond donors (Lipinski definition) is 2. The quantitative estimate of drug-likeness (QED) is 0.627. The first-order valence-corrected chi connectivity index (χ1v) is 10.5. The molecule has 3 rings (SSSR count). The fraction of sp³-hybridized carbons (Fsp3) is 0.478. The van der Waals surface area contributed by atoms with Crippen molar-refractivity contribution in [2.24, 2.45) is 5.92 Å². The van der Waals surface area contributed by atoms with Crippen LogP contribution in [0.3, 0.4) is 0 Å². The number of carbonyl (C=O) groups is 2. The van der Waals surface area contributed by atoms with Crippen molar-refractivity contribution in [2.45, 2.75) is 26.2 Å². The number of benzene rings is 2. The number of methoxy groups -OCH3 is 1. The zero-order chi connectivity index (χ0) is 20.6. The van der Waals surface area contributed by atoms with E-state index in [-0.39, 0.29) is 30.1 Å². The van der Waals surface area contributed by atoms with Gasteiger partial charge in [0, 0.05) is 43.0 Å². The summed E-state index contributed by atoms with van der Waals surface area (Å²) >= 11 is 0. The van der Waals surface area contributed by atoms with E-state index in [1.54, 1.807) is 7.11 Å². The Balaban J connectivity index is 0.00000320. The van der Waals surface area contributed by atoms with Crippen LogP contribution in [0.5, 0.6) is 5.75 Å². The highest BCUT2D eigenvalue weighted by Gasteiger charge is 2.28. The van der Waals surface area contributed by atoms with Crippen molar-refractivity contribution in [3.63, 3.8) is 0 Å². The van der Waals surface area contributed by atoms with Crippen LogP contribution < -0.4 is 15.4 Å². The Morgan fingerprint density at radius 3 is 2.40 bits per heavy atom.